The van der Waals surface area contributed by atoms with Crippen LogP contribution in [0.5, 0.6) is 0 Å². The van der Waals surface area contributed by atoms with Gasteiger partial charge >= 0.3 is 5.97 Å². The number of carbonyl (C=O) groups excluding carboxylic acids is 1. The van der Waals surface area contributed by atoms with Gasteiger partial charge in [0.15, 0.2) is 5.92 Å². The molecule has 0 aliphatic rings. The van der Waals surface area contributed by atoms with Crippen LogP contribution in [0, 0.1) is 17.2 Å². The van der Waals surface area contributed by atoms with Crippen molar-refractivity contribution < 1.29 is 9.53 Å². The summed E-state index contributed by atoms with van der Waals surface area (Å²) in [6.45, 7) is 2.04. The number of rotatable bonds is 5. The molecule has 0 radical (unpaired) electrons. The molecule has 1 unspecified atom stereocenters. The number of methoxy groups -OCH3 is 1. The first-order valence-electron chi connectivity index (χ1n) is 7.26. The fourth-order valence-electron chi connectivity index (χ4n) is 2.82. The second-order valence-electron chi connectivity index (χ2n) is 5.27. The standard InChI is InChI=1S/C19H19NO2/c1-14(15-9-5-3-6-10-15)18(16-11-7-4-8-12-16)17(13-20)19(21)22-2/h3-12,14,17-18H,1-2H3/t14-,17?,18-/m1/s1. The average Bonchev–Trinajstić information content (AvgIpc) is 2.60. The summed E-state index contributed by atoms with van der Waals surface area (Å²) in [7, 11) is 1.32. The van der Waals surface area contributed by atoms with Crippen LogP contribution < -0.4 is 0 Å². The van der Waals surface area contributed by atoms with Crippen LogP contribution in [-0.4, -0.2) is 13.1 Å². The molecule has 3 nitrogen and oxygen atoms in total. The summed E-state index contributed by atoms with van der Waals surface area (Å²) in [4.78, 5) is 12.0. The van der Waals surface area contributed by atoms with E-state index in [0.717, 1.165) is 11.1 Å². The Morgan fingerprint density at radius 1 is 1.00 bits per heavy atom. The Kier molecular flexibility index (Phi) is 5.32. The molecule has 2 aromatic rings. The highest BCUT2D eigenvalue weighted by Gasteiger charge is 2.35. The number of benzene rings is 2. The van der Waals surface area contributed by atoms with Crippen molar-refractivity contribution in [1.82, 2.24) is 0 Å². The lowest BCUT2D eigenvalue weighted by Crippen LogP contribution is -2.26. The van der Waals surface area contributed by atoms with Gasteiger partial charge in [0.1, 0.15) is 0 Å². The highest BCUT2D eigenvalue weighted by molar-refractivity contribution is 5.76. The zero-order chi connectivity index (χ0) is 15.9. The number of hydrogen-bond acceptors (Lipinski definition) is 3. The molecule has 0 heterocycles. The topological polar surface area (TPSA) is 50.1 Å². The summed E-state index contributed by atoms with van der Waals surface area (Å²) in [5.41, 5.74) is 2.07. The van der Waals surface area contributed by atoms with Gasteiger partial charge in [-0.3, -0.25) is 4.79 Å². The lowest BCUT2D eigenvalue weighted by molar-refractivity contribution is -0.144. The van der Waals surface area contributed by atoms with Crippen molar-refractivity contribution in [2.24, 2.45) is 5.92 Å². The van der Waals surface area contributed by atoms with Crippen molar-refractivity contribution in [2.45, 2.75) is 18.8 Å². The second-order valence-corrected chi connectivity index (χ2v) is 5.27. The van der Waals surface area contributed by atoms with Gasteiger partial charge in [-0.25, -0.2) is 0 Å². The molecule has 2 rings (SSSR count). The van der Waals surface area contributed by atoms with Crippen LogP contribution in [-0.2, 0) is 9.53 Å². The molecule has 0 fully saturated rings. The SMILES string of the molecule is COC(=O)C(C#N)[C@@H](c1ccccc1)[C@H](C)c1ccccc1. The van der Waals surface area contributed by atoms with Crippen LogP contribution in [0.1, 0.15) is 29.9 Å². The molecule has 22 heavy (non-hydrogen) atoms. The fourth-order valence-corrected chi connectivity index (χ4v) is 2.82. The van der Waals surface area contributed by atoms with E-state index in [0.29, 0.717) is 0 Å². The fraction of sp³-hybridized carbons (Fsp3) is 0.263. The number of ether oxygens (including phenoxy) is 1. The minimum atomic E-state index is -0.831. The van der Waals surface area contributed by atoms with Crippen LogP contribution in [0.3, 0.4) is 0 Å². The number of nitriles is 1. The summed E-state index contributed by atoms with van der Waals surface area (Å²) in [5.74, 6) is -1.55. The quantitative estimate of drug-likeness (QED) is 0.786. The van der Waals surface area contributed by atoms with Gasteiger partial charge in [0.05, 0.1) is 13.2 Å². The Labute approximate surface area is 131 Å². The van der Waals surface area contributed by atoms with E-state index in [1.54, 1.807) is 0 Å². The van der Waals surface area contributed by atoms with E-state index in [-0.39, 0.29) is 11.8 Å². The third-order valence-corrected chi connectivity index (χ3v) is 4.00. The minimum Gasteiger partial charge on any atom is -0.468 e. The molecule has 2 aromatic carbocycles. The van der Waals surface area contributed by atoms with Crippen molar-refractivity contribution in [1.29, 1.82) is 5.26 Å². The lowest BCUT2D eigenvalue weighted by Gasteiger charge is -2.27. The van der Waals surface area contributed by atoms with Gasteiger partial charge in [-0.2, -0.15) is 5.26 Å². The molecular formula is C19H19NO2. The van der Waals surface area contributed by atoms with Gasteiger partial charge in [-0.1, -0.05) is 67.6 Å². The van der Waals surface area contributed by atoms with Gasteiger partial charge in [0.25, 0.3) is 0 Å². The minimum absolute atomic E-state index is 0.0207. The van der Waals surface area contributed by atoms with Gasteiger partial charge in [-0.15, -0.1) is 0 Å². The highest BCUT2D eigenvalue weighted by atomic mass is 16.5. The van der Waals surface area contributed by atoms with Crippen molar-refractivity contribution in [3.05, 3.63) is 71.8 Å². The molecule has 3 heteroatoms. The van der Waals surface area contributed by atoms with E-state index in [4.69, 9.17) is 4.74 Å². The number of esters is 1. The third kappa shape index (κ3) is 3.35. The number of hydrogen-bond donors (Lipinski definition) is 0. The maximum Gasteiger partial charge on any atom is 0.323 e. The van der Waals surface area contributed by atoms with E-state index < -0.39 is 11.9 Å². The zero-order valence-electron chi connectivity index (χ0n) is 12.8. The van der Waals surface area contributed by atoms with Crippen molar-refractivity contribution in [3.8, 4) is 6.07 Å². The summed E-state index contributed by atoms with van der Waals surface area (Å²) in [6, 6.07) is 21.7. The summed E-state index contributed by atoms with van der Waals surface area (Å²) < 4.78 is 4.83. The van der Waals surface area contributed by atoms with Gasteiger partial charge in [-0.05, 0) is 17.0 Å². The van der Waals surface area contributed by atoms with Crippen LogP contribution in [0.2, 0.25) is 0 Å². The van der Waals surface area contributed by atoms with E-state index in [1.807, 2.05) is 67.6 Å². The Morgan fingerprint density at radius 2 is 1.50 bits per heavy atom. The maximum atomic E-state index is 12.0. The summed E-state index contributed by atoms with van der Waals surface area (Å²) in [5, 5.41) is 9.50. The average molecular weight is 293 g/mol. The molecule has 0 N–H and O–H groups in total. The Bertz CT molecular complexity index is 646. The van der Waals surface area contributed by atoms with Crippen molar-refractivity contribution in [2.75, 3.05) is 7.11 Å². The Hall–Kier alpha value is -2.60. The molecular weight excluding hydrogens is 274 g/mol. The predicted molar refractivity (Wildman–Crippen MR) is 85.2 cm³/mol. The van der Waals surface area contributed by atoms with Crippen LogP contribution in [0.4, 0.5) is 0 Å². The first-order chi connectivity index (χ1) is 10.7. The normalized spacial score (nSPS) is 14.4. The highest BCUT2D eigenvalue weighted by Crippen LogP contribution is 2.38. The molecule has 0 amide bonds. The van der Waals surface area contributed by atoms with Gasteiger partial charge in [0.2, 0.25) is 0 Å². The molecule has 0 aliphatic heterocycles. The molecule has 0 aromatic heterocycles. The molecule has 0 spiro atoms. The summed E-state index contributed by atoms with van der Waals surface area (Å²) in [6.07, 6.45) is 0. The van der Waals surface area contributed by atoms with Gasteiger partial charge in [0, 0.05) is 5.92 Å². The first kappa shape index (κ1) is 15.8. The molecule has 0 bridgehead atoms. The zero-order valence-corrected chi connectivity index (χ0v) is 12.8. The molecule has 0 aliphatic carbocycles. The first-order valence-corrected chi connectivity index (χ1v) is 7.26. The second kappa shape index (κ2) is 7.42. The molecule has 112 valence electrons. The number of carbonyl (C=O) groups is 1. The molecule has 0 saturated heterocycles. The summed E-state index contributed by atoms with van der Waals surface area (Å²) >= 11 is 0. The molecule has 0 saturated carbocycles. The van der Waals surface area contributed by atoms with E-state index in [9.17, 15) is 10.1 Å². The van der Waals surface area contributed by atoms with Gasteiger partial charge < -0.3 is 4.74 Å². The van der Waals surface area contributed by atoms with E-state index in [2.05, 4.69) is 6.07 Å². The van der Waals surface area contributed by atoms with Crippen LogP contribution in [0.25, 0.3) is 0 Å². The van der Waals surface area contributed by atoms with E-state index in [1.165, 1.54) is 7.11 Å². The largest absolute Gasteiger partial charge is 0.468 e. The molecule has 3 atom stereocenters. The third-order valence-electron chi connectivity index (χ3n) is 4.00. The maximum absolute atomic E-state index is 12.0. The number of nitrogens with zero attached hydrogens (tertiary/aromatic N) is 1. The monoisotopic (exact) mass is 293 g/mol. The predicted octanol–water partition coefficient (Wildman–Crippen LogP) is 3.89. The lowest BCUT2D eigenvalue weighted by atomic mass is 9.75. The Morgan fingerprint density at radius 3 is 1.95 bits per heavy atom. The smallest absolute Gasteiger partial charge is 0.323 e. The van der Waals surface area contributed by atoms with Crippen molar-refractivity contribution in [3.63, 3.8) is 0 Å². The van der Waals surface area contributed by atoms with E-state index >= 15 is 0 Å². The Balaban J connectivity index is 2.46. The van der Waals surface area contributed by atoms with Crippen LogP contribution in [0.15, 0.2) is 60.7 Å². The van der Waals surface area contributed by atoms with Crippen molar-refractivity contribution >= 4 is 5.97 Å². The van der Waals surface area contributed by atoms with Crippen LogP contribution >= 0.6 is 0 Å².